The fraction of sp³-hybridized carbons (Fsp3) is 0.231. The molecule has 7 nitrogen and oxygen atoms in total. The number of aryl methyl sites for hydroxylation is 1. The fourth-order valence-corrected chi connectivity index (χ4v) is 4.55. The number of rotatable bonds is 7. The first kappa shape index (κ1) is 23.4. The third-order valence-electron chi connectivity index (χ3n) is 5.60. The molecule has 1 atom stereocenters. The Morgan fingerprint density at radius 2 is 1.71 bits per heavy atom. The minimum Gasteiger partial charge on any atom is -0.462 e. The molecule has 0 bridgehead atoms. The second-order valence-corrected chi connectivity index (χ2v) is 8.97. The molecule has 1 aromatic heterocycles. The number of imide groups is 1. The van der Waals surface area contributed by atoms with Crippen molar-refractivity contribution in [1.29, 1.82) is 0 Å². The smallest absolute Gasteiger partial charge is 0.338 e. The van der Waals surface area contributed by atoms with E-state index in [4.69, 9.17) is 4.74 Å². The molecule has 3 aromatic rings. The third-order valence-corrected chi connectivity index (χ3v) is 6.46. The molecule has 0 saturated carbocycles. The van der Waals surface area contributed by atoms with Crippen LogP contribution in [0.1, 0.15) is 44.5 Å². The van der Waals surface area contributed by atoms with E-state index in [-0.39, 0.29) is 25.5 Å². The Kier molecular flexibility index (Phi) is 6.88. The highest BCUT2D eigenvalue weighted by atomic mass is 32.1. The van der Waals surface area contributed by atoms with Crippen molar-refractivity contribution in [3.8, 4) is 0 Å². The van der Waals surface area contributed by atoms with Crippen LogP contribution < -0.4 is 4.90 Å². The Bertz CT molecular complexity index is 1200. The maximum atomic E-state index is 13.4. The molecule has 4 rings (SSSR count). The van der Waals surface area contributed by atoms with E-state index < -0.39 is 23.8 Å². The van der Waals surface area contributed by atoms with Gasteiger partial charge in [-0.05, 0) is 61.7 Å². The number of nitrogens with zero attached hydrogens (tertiary/aromatic N) is 2. The molecule has 8 heteroatoms. The topological polar surface area (TPSA) is 84.0 Å². The van der Waals surface area contributed by atoms with Crippen molar-refractivity contribution in [2.45, 2.75) is 32.9 Å². The van der Waals surface area contributed by atoms with Crippen LogP contribution in [-0.4, -0.2) is 41.2 Å². The predicted octanol–water partition coefficient (Wildman–Crippen LogP) is 4.21. The van der Waals surface area contributed by atoms with Gasteiger partial charge in [-0.3, -0.25) is 14.4 Å². The Hall–Kier alpha value is -3.78. The highest BCUT2D eigenvalue weighted by Gasteiger charge is 2.44. The largest absolute Gasteiger partial charge is 0.462 e. The third kappa shape index (κ3) is 4.77. The highest BCUT2D eigenvalue weighted by molar-refractivity contribution is 7.09. The van der Waals surface area contributed by atoms with Gasteiger partial charge in [0.1, 0.15) is 6.04 Å². The second-order valence-electron chi connectivity index (χ2n) is 7.93. The van der Waals surface area contributed by atoms with E-state index >= 15 is 0 Å². The Labute approximate surface area is 201 Å². The van der Waals surface area contributed by atoms with Gasteiger partial charge in [-0.15, -0.1) is 11.3 Å². The van der Waals surface area contributed by atoms with Crippen LogP contribution in [0.25, 0.3) is 0 Å². The van der Waals surface area contributed by atoms with Crippen molar-refractivity contribution in [1.82, 2.24) is 4.90 Å². The summed E-state index contributed by atoms with van der Waals surface area (Å²) in [6.07, 6.45) is -0.110. The van der Waals surface area contributed by atoms with Crippen LogP contribution in [0.5, 0.6) is 0 Å². The molecule has 174 valence electrons. The average Bonchev–Trinajstić information content (AvgIpc) is 3.45. The van der Waals surface area contributed by atoms with Gasteiger partial charge in [-0.1, -0.05) is 23.8 Å². The van der Waals surface area contributed by atoms with Gasteiger partial charge >= 0.3 is 5.97 Å². The van der Waals surface area contributed by atoms with Gasteiger partial charge in [-0.25, -0.2) is 9.69 Å². The Morgan fingerprint density at radius 1 is 1.03 bits per heavy atom. The summed E-state index contributed by atoms with van der Waals surface area (Å²) >= 11 is 1.49. The lowest BCUT2D eigenvalue weighted by Gasteiger charge is -2.27. The number of amides is 3. The lowest BCUT2D eigenvalue weighted by molar-refractivity contribution is -0.122. The van der Waals surface area contributed by atoms with E-state index in [1.165, 1.54) is 40.5 Å². The summed E-state index contributed by atoms with van der Waals surface area (Å²) in [5.41, 5.74) is 2.16. The van der Waals surface area contributed by atoms with E-state index in [0.29, 0.717) is 16.8 Å². The fourth-order valence-electron chi connectivity index (χ4n) is 3.85. The number of anilines is 1. The van der Waals surface area contributed by atoms with Crippen LogP contribution in [0, 0.1) is 6.92 Å². The van der Waals surface area contributed by atoms with Crippen molar-refractivity contribution < 1.29 is 23.9 Å². The van der Waals surface area contributed by atoms with Gasteiger partial charge in [0, 0.05) is 10.4 Å². The van der Waals surface area contributed by atoms with E-state index in [2.05, 4.69) is 0 Å². The van der Waals surface area contributed by atoms with E-state index in [1.807, 2.05) is 36.6 Å². The van der Waals surface area contributed by atoms with Crippen LogP contribution in [0.4, 0.5) is 5.69 Å². The predicted molar refractivity (Wildman–Crippen MR) is 129 cm³/mol. The summed E-state index contributed by atoms with van der Waals surface area (Å²) in [5.74, 6) is -1.64. The highest BCUT2D eigenvalue weighted by Crippen LogP contribution is 2.29. The number of esters is 1. The molecule has 1 aliphatic rings. The minimum atomic E-state index is -0.923. The molecule has 3 amide bonds. The summed E-state index contributed by atoms with van der Waals surface area (Å²) in [6.45, 7) is 4.12. The van der Waals surface area contributed by atoms with E-state index in [9.17, 15) is 19.2 Å². The molecule has 2 heterocycles. The average molecular weight is 477 g/mol. The van der Waals surface area contributed by atoms with Crippen molar-refractivity contribution >= 4 is 40.7 Å². The number of benzene rings is 2. The summed E-state index contributed by atoms with van der Waals surface area (Å²) in [7, 11) is 0. The lowest BCUT2D eigenvalue weighted by Crippen LogP contribution is -2.45. The standard InChI is InChI=1S/C26H24N2O5S/c1-3-33-26(32)19-10-12-20(13-11-19)28-23(29)15-22(25(28)31)27(16-21-5-4-14-34-21)24(30)18-8-6-17(2)7-9-18/h4-14,22H,3,15-16H2,1-2H3. The number of hydrogen-bond donors (Lipinski definition) is 0. The molecule has 0 spiro atoms. The Balaban J connectivity index is 1.61. The number of thiophene rings is 1. The van der Waals surface area contributed by atoms with Gasteiger partial charge < -0.3 is 9.64 Å². The molecule has 1 fully saturated rings. The van der Waals surface area contributed by atoms with Gasteiger partial charge in [0.25, 0.3) is 11.8 Å². The Morgan fingerprint density at radius 3 is 2.32 bits per heavy atom. The summed E-state index contributed by atoms with van der Waals surface area (Å²) in [5, 5.41) is 1.91. The first-order valence-electron chi connectivity index (χ1n) is 10.9. The number of ether oxygens (including phenoxy) is 1. The van der Waals surface area contributed by atoms with Crippen LogP contribution in [0.2, 0.25) is 0 Å². The first-order valence-corrected chi connectivity index (χ1v) is 11.8. The van der Waals surface area contributed by atoms with Crippen LogP contribution in [0.3, 0.4) is 0 Å². The molecule has 34 heavy (non-hydrogen) atoms. The van der Waals surface area contributed by atoms with Crippen molar-refractivity contribution in [2.75, 3.05) is 11.5 Å². The maximum absolute atomic E-state index is 13.4. The number of hydrogen-bond acceptors (Lipinski definition) is 6. The summed E-state index contributed by atoms with van der Waals surface area (Å²) < 4.78 is 4.98. The molecular weight excluding hydrogens is 452 g/mol. The van der Waals surface area contributed by atoms with Crippen molar-refractivity contribution in [3.63, 3.8) is 0 Å². The van der Waals surface area contributed by atoms with Gasteiger partial charge in [0.2, 0.25) is 5.91 Å². The summed E-state index contributed by atoms with van der Waals surface area (Å²) in [4.78, 5) is 55.2. The van der Waals surface area contributed by atoms with Gasteiger partial charge in [0.05, 0.1) is 30.8 Å². The van der Waals surface area contributed by atoms with Gasteiger partial charge in [0.15, 0.2) is 0 Å². The van der Waals surface area contributed by atoms with Crippen molar-refractivity contribution in [3.05, 3.63) is 87.6 Å². The van der Waals surface area contributed by atoms with Crippen LogP contribution >= 0.6 is 11.3 Å². The van der Waals surface area contributed by atoms with Crippen LogP contribution in [-0.2, 0) is 20.9 Å². The molecule has 0 N–H and O–H groups in total. The quantitative estimate of drug-likeness (QED) is 0.377. The minimum absolute atomic E-state index is 0.110. The number of carbonyl (C=O) groups excluding carboxylic acids is 4. The summed E-state index contributed by atoms with van der Waals surface area (Å²) in [6, 6.07) is 16.1. The molecular formula is C26H24N2O5S. The normalized spacial score (nSPS) is 15.5. The van der Waals surface area contributed by atoms with E-state index in [0.717, 1.165) is 15.3 Å². The molecule has 0 aliphatic carbocycles. The zero-order chi connectivity index (χ0) is 24.2. The maximum Gasteiger partial charge on any atom is 0.338 e. The lowest BCUT2D eigenvalue weighted by atomic mass is 10.1. The van der Waals surface area contributed by atoms with E-state index in [1.54, 1.807) is 19.1 Å². The van der Waals surface area contributed by atoms with Crippen LogP contribution in [0.15, 0.2) is 66.0 Å². The zero-order valence-electron chi connectivity index (χ0n) is 18.9. The zero-order valence-corrected chi connectivity index (χ0v) is 19.7. The van der Waals surface area contributed by atoms with Crippen molar-refractivity contribution in [2.24, 2.45) is 0 Å². The molecule has 0 radical (unpaired) electrons. The number of carbonyl (C=O) groups is 4. The van der Waals surface area contributed by atoms with Gasteiger partial charge in [-0.2, -0.15) is 0 Å². The molecule has 1 unspecified atom stereocenters. The second kappa shape index (κ2) is 10.0. The first-order chi connectivity index (χ1) is 16.4. The monoisotopic (exact) mass is 476 g/mol. The molecule has 2 aromatic carbocycles. The SMILES string of the molecule is CCOC(=O)c1ccc(N2C(=O)CC(N(Cc3cccs3)C(=O)c3ccc(C)cc3)C2=O)cc1. The molecule has 1 aliphatic heterocycles. The molecule has 1 saturated heterocycles.